The van der Waals surface area contributed by atoms with E-state index in [1.807, 2.05) is 11.9 Å². The molecule has 4 heteroatoms. The molecule has 1 unspecified atom stereocenters. The fraction of sp³-hybridized carbons (Fsp3) is 0.615. The lowest BCUT2D eigenvalue weighted by Crippen LogP contribution is -2.39. The van der Waals surface area contributed by atoms with Crippen LogP contribution in [0.2, 0.25) is 0 Å². The molecule has 17 heavy (non-hydrogen) atoms. The predicted octanol–water partition coefficient (Wildman–Crippen LogP) is 2.31. The highest BCUT2D eigenvalue weighted by Gasteiger charge is 2.50. The SMILES string of the molecule is Cc1ccc(C(C)N(C)C(=O)C2(CN)CC2)s1. The van der Waals surface area contributed by atoms with Gasteiger partial charge in [0.1, 0.15) is 0 Å². The Morgan fingerprint density at radius 3 is 2.65 bits per heavy atom. The highest BCUT2D eigenvalue weighted by atomic mass is 32.1. The standard InChI is InChI=1S/C13H20N2OS/c1-9-4-5-11(17-9)10(2)15(3)12(16)13(8-14)6-7-13/h4-5,10H,6-8,14H2,1-3H3. The van der Waals surface area contributed by atoms with Crippen LogP contribution < -0.4 is 5.73 Å². The number of nitrogens with zero attached hydrogens (tertiary/aromatic N) is 1. The number of carbonyl (C=O) groups excluding carboxylic acids is 1. The van der Waals surface area contributed by atoms with E-state index < -0.39 is 0 Å². The summed E-state index contributed by atoms with van der Waals surface area (Å²) in [6.07, 6.45) is 1.89. The Hall–Kier alpha value is -0.870. The zero-order valence-electron chi connectivity index (χ0n) is 10.7. The van der Waals surface area contributed by atoms with Crippen molar-refractivity contribution in [2.24, 2.45) is 11.1 Å². The van der Waals surface area contributed by atoms with Gasteiger partial charge in [-0.2, -0.15) is 0 Å². The molecule has 1 fully saturated rings. The van der Waals surface area contributed by atoms with Crippen LogP contribution in [0.15, 0.2) is 12.1 Å². The van der Waals surface area contributed by atoms with Crippen LogP contribution in [0.1, 0.15) is 35.6 Å². The topological polar surface area (TPSA) is 46.3 Å². The molecule has 1 amide bonds. The number of amides is 1. The molecule has 0 radical (unpaired) electrons. The third-order valence-electron chi connectivity index (χ3n) is 3.77. The van der Waals surface area contributed by atoms with Gasteiger partial charge >= 0.3 is 0 Å². The van der Waals surface area contributed by atoms with E-state index in [-0.39, 0.29) is 17.4 Å². The van der Waals surface area contributed by atoms with E-state index in [2.05, 4.69) is 26.0 Å². The van der Waals surface area contributed by atoms with Crippen molar-refractivity contribution in [3.05, 3.63) is 21.9 Å². The first kappa shape index (κ1) is 12.6. The number of carbonyl (C=O) groups is 1. The molecule has 2 rings (SSSR count). The van der Waals surface area contributed by atoms with Crippen LogP contribution in [-0.2, 0) is 4.79 Å². The maximum atomic E-state index is 12.3. The minimum absolute atomic E-state index is 0.144. The fourth-order valence-corrected chi connectivity index (χ4v) is 3.05. The van der Waals surface area contributed by atoms with E-state index in [9.17, 15) is 4.79 Å². The fourth-order valence-electron chi connectivity index (χ4n) is 2.07. The van der Waals surface area contributed by atoms with Gasteiger partial charge in [-0.15, -0.1) is 11.3 Å². The summed E-state index contributed by atoms with van der Waals surface area (Å²) in [5.74, 6) is 0.207. The Morgan fingerprint density at radius 1 is 1.59 bits per heavy atom. The first-order valence-electron chi connectivity index (χ1n) is 6.04. The van der Waals surface area contributed by atoms with Gasteiger partial charge in [0.05, 0.1) is 11.5 Å². The van der Waals surface area contributed by atoms with Crippen LogP contribution in [0.4, 0.5) is 0 Å². The van der Waals surface area contributed by atoms with Gasteiger partial charge in [-0.3, -0.25) is 4.79 Å². The van der Waals surface area contributed by atoms with E-state index >= 15 is 0 Å². The maximum absolute atomic E-state index is 12.3. The van der Waals surface area contributed by atoms with Crippen molar-refractivity contribution in [3.8, 4) is 0 Å². The highest BCUT2D eigenvalue weighted by molar-refractivity contribution is 7.12. The molecule has 1 atom stereocenters. The second-order valence-corrected chi connectivity index (χ2v) is 6.34. The summed E-state index contributed by atoms with van der Waals surface area (Å²) in [6.45, 7) is 4.65. The molecular formula is C13H20N2OS. The van der Waals surface area contributed by atoms with Gasteiger partial charge in [0.2, 0.25) is 5.91 Å². The molecule has 94 valence electrons. The van der Waals surface area contributed by atoms with Crippen molar-refractivity contribution in [1.82, 2.24) is 4.90 Å². The maximum Gasteiger partial charge on any atom is 0.230 e. The molecule has 0 aliphatic heterocycles. The highest BCUT2D eigenvalue weighted by Crippen LogP contribution is 2.47. The van der Waals surface area contributed by atoms with Crippen LogP contribution >= 0.6 is 11.3 Å². The van der Waals surface area contributed by atoms with Gasteiger partial charge < -0.3 is 10.6 Å². The molecule has 0 aromatic carbocycles. The van der Waals surface area contributed by atoms with Gasteiger partial charge in [0.15, 0.2) is 0 Å². The minimum Gasteiger partial charge on any atom is -0.338 e. The number of thiophene rings is 1. The quantitative estimate of drug-likeness (QED) is 0.894. The van der Waals surface area contributed by atoms with Crippen molar-refractivity contribution >= 4 is 17.2 Å². The molecule has 1 aromatic heterocycles. The average molecular weight is 252 g/mol. The molecule has 1 aromatic rings. The molecule has 3 nitrogen and oxygen atoms in total. The van der Waals surface area contributed by atoms with E-state index in [0.717, 1.165) is 12.8 Å². The van der Waals surface area contributed by atoms with Gasteiger partial charge in [-0.05, 0) is 38.8 Å². The third kappa shape index (κ3) is 2.24. The van der Waals surface area contributed by atoms with Crippen molar-refractivity contribution in [2.45, 2.75) is 32.7 Å². The van der Waals surface area contributed by atoms with Gasteiger partial charge in [-0.1, -0.05) is 0 Å². The molecular weight excluding hydrogens is 232 g/mol. The van der Waals surface area contributed by atoms with E-state index in [1.165, 1.54) is 9.75 Å². The number of hydrogen-bond acceptors (Lipinski definition) is 3. The zero-order valence-corrected chi connectivity index (χ0v) is 11.5. The summed E-state index contributed by atoms with van der Waals surface area (Å²) in [5, 5.41) is 0. The number of aryl methyl sites for hydroxylation is 1. The molecule has 1 aliphatic carbocycles. The molecule has 0 spiro atoms. The summed E-state index contributed by atoms with van der Waals surface area (Å²) in [6, 6.07) is 4.35. The Labute approximate surface area is 107 Å². The van der Waals surface area contributed by atoms with Crippen molar-refractivity contribution < 1.29 is 4.79 Å². The number of rotatable bonds is 4. The molecule has 1 saturated carbocycles. The second-order valence-electron chi connectivity index (χ2n) is 5.02. The lowest BCUT2D eigenvalue weighted by atomic mass is 10.0. The molecule has 1 heterocycles. The normalized spacial score (nSPS) is 18.8. The zero-order chi connectivity index (χ0) is 12.6. The first-order chi connectivity index (χ1) is 8.00. The number of nitrogens with two attached hydrogens (primary N) is 1. The Morgan fingerprint density at radius 2 is 2.24 bits per heavy atom. The molecule has 0 saturated heterocycles. The lowest BCUT2D eigenvalue weighted by molar-refractivity contribution is -0.137. The predicted molar refractivity (Wildman–Crippen MR) is 71.0 cm³/mol. The summed E-state index contributed by atoms with van der Waals surface area (Å²) in [4.78, 5) is 16.7. The lowest BCUT2D eigenvalue weighted by Gasteiger charge is -2.28. The smallest absolute Gasteiger partial charge is 0.230 e. The summed E-state index contributed by atoms with van der Waals surface area (Å²) in [5.41, 5.74) is 5.46. The summed E-state index contributed by atoms with van der Waals surface area (Å²) in [7, 11) is 1.89. The monoisotopic (exact) mass is 252 g/mol. The van der Waals surface area contributed by atoms with Crippen LogP contribution in [0.5, 0.6) is 0 Å². The summed E-state index contributed by atoms with van der Waals surface area (Å²) >= 11 is 1.76. The Balaban J connectivity index is 2.09. The van der Waals surface area contributed by atoms with Crippen molar-refractivity contribution in [2.75, 3.05) is 13.6 Å². The van der Waals surface area contributed by atoms with Crippen molar-refractivity contribution in [3.63, 3.8) is 0 Å². The van der Waals surface area contributed by atoms with Crippen LogP contribution in [0, 0.1) is 12.3 Å². The van der Waals surface area contributed by atoms with E-state index in [0.29, 0.717) is 6.54 Å². The van der Waals surface area contributed by atoms with E-state index in [4.69, 9.17) is 5.73 Å². The minimum atomic E-state index is -0.241. The molecule has 0 bridgehead atoms. The Kier molecular flexibility index (Phi) is 3.27. The number of hydrogen-bond donors (Lipinski definition) is 1. The third-order valence-corrected chi connectivity index (χ3v) is 4.94. The Bertz CT molecular complexity index is 423. The van der Waals surface area contributed by atoms with Gasteiger partial charge in [0, 0.05) is 23.3 Å². The van der Waals surface area contributed by atoms with Gasteiger partial charge in [-0.25, -0.2) is 0 Å². The van der Waals surface area contributed by atoms with Crippen LogP contribution in [0.25, 0.3) is 0 Å². The first-order valence-corrected chi connectivity index (χ1v) is 6.85. The molecule has 1 aliphatic rings. The molecule has 2 N–H and O–H groups in total. The van der Waals surface area contributed by atoms with Gasteiger partial charge in [0.25, 0.3) is 0 Å². The van der Waals surface area contributed by atoms with E-state index in [1.54, 1.807) is 11.3 Å². The van der Waals surface area contributed by atoms with Crippen LogP contribution in [0.3, 0.4) is 0 Å². The average Bonchev–Trinajstić information content (AvgIpc) is 3.02. The second kappa shape index (κ2) is 4.42. The summed E-state index contributed by atoms with van der Waals surface area (Å²) < 4.78 is 0. The van der Waals surface area contributed by atoms with Crippen LogP contribution in [-0.4, -0.2) is 24.4 Å². The van der Waals surface area contributed by atoms with Crippen molar-refractivity contribution in [1.29, 1.82) is 0 Å². The largest absolute Gasteiger partial charge is 0.338 e.